The number of benzene rings is 11. The van der Waals surface area contributed by atoms with E-state index in [4.69, 9.17) is 0 Å². The quantitative estimate of drug-likeness (QED) is 0.141. The molecule has 1 aliphatic rings. The van der Waals surface area contributed by atoms with Gasteiger partial charge in [0.15, 0.2) is 0 Å². The zero-order chi connectivity index (χ0) is 41.7. The highest BCUT2D eigenvalue weighted by molar-refractivity contribution is 6.22. The third kappa shape index (κ3) is 5.98. The summed E-state index contributed by atoms with van der Waals surface area (Å²) in [7, 11) is 0. The van der Waals surface area contributed by atoms with Gasteiger partial charge < -0.3 is 0 Å². The molecule has 0 heterocycles. The van der Waals surface area contributed by atoms with Crippen molar-refractivity contribution < 1.29 is 0 Å². The minimum atomic E-state index is -0.431. The number of fused-ring (bicyclic) bond motifs is 5. The summed E-state index contributed by atoms with van der Waals surface area (Å²) >= 11 is 0. The van der Waals surface area contributed by atoms with Crippen molar-refractivity contribution in [3.63, 3.8) is 0 Å². The number of rotatable bonds is 7. The highest BCUT2D eigenvalue weighted by Crippen LogP contribution is 2.56. The molecule has 0 unspecified atom stereocenters. The lowest BCUT2D eigenvalue weighted by atomic mass is 9.67. The van der Waals surface area contributed by atoms with Crippen LogP contribution >= 0.6 is 0 Å². The third-order valence-corrected chi connectivity index (χ3v) is 13.4. The smallest absolute Gasteiger partial charge is 0.0622 e. The van der Waals surface area contributed by atoms with Gasteiger partial charge in [-0.3, -0.25) is 0 Å². The molecule has 294 valence electrons. The van der Waals surface area contributed by atoms with Crippen LogP contribution in [0.25, 0.3) is 88.3 Å². The van der Waals surface area contributed by atoms with Crippen molar-refractivity contribution in [1.29, 1.82) is 0 Å². The van der Waals surface area contributed by atoms with Gasteiger partial charge in [0, 0.05) is 0 Å². The van der Waals surface area contributed by atoms with E-state index in [1.807, 2.05) is 0 Å². The van der Waals surface area contributed by atoms with Crippen LogP contribution in [0.5, 0.6) is 0 Å². The van der Waals surface area contributed by atoms with Gasteiger partial charge in [-0.2, -0.15) is 0 Å². The predicted octanol–water partition coefficient (Wildman–Crippen LogP) is 16.7. The van der Waals surface area contributed by atoms with Crippen molar-refractivity contribution in [3.05, 3.63) is 277 Å². The van der Waals surface area contributed by atoms with Gasteiger partial charge in [-0.25, -0.2) is 0 Å². The normalized spacial score (nSPS) is 12.6. The number of hydrogen-bond donors (Lipinski definition) is 0. The summed E-state index contributed by atoms with van der Waals surface area (Å²) in [4.78, 5) is 0. The molecule has 0 saturated carbocycles. The monoisotopic (exact) mass is 798 g/mol. The zero-order valence-electron chi connectivity index (χ0n) is 34.7. The van der Waals surface area contributed by atoms with E-state index in [2.05, 4.69) is 255 Å². The minimum Gasteiger partial charge on any atom is -0.0622 e. The summed E-state index contributed by atoms with van der Waals surface area (Å²) in [5.41, 5.74) is 19.6. The van der Waals surface area contributed by atoms with Gasteiger partial charge >= 0.3 is 0 Å². The molecule has 0 N–H and O–H groups in total. The topological polar surface area (TPSA) is 0 Å². The summed E-state index contributed by atoms with van der Waals surface area (Å²) in [6, 6.07) is 94.0. The Labute approximate surface area is 369 Å². The van der Waals surface area contributed by atoms with Crippen LogP contribution in [0.3, 0.4) is 0 Å². The molecule has 0 spiro atoms. The fraction of sp³-hybridized carbons (Fsp3) is 0.0159. The van der Waals surface area contributed by atoms with Gasteiger partial charge in [-0.15, -0.1) is 0 Å². The highest BCUT2D eigenvalue weighted by Gasteiger charge is 2.45. The Morgan fingerprint density at radius 2 is 0.540 bits per heavy atom. The van der Waals surface area contributed by atoms with E-state index in [-0.39, 0.29) is 0 Å². The Balaban J connectivity index is 1.05. The van der Waals surface area contributed by atoms with Crippen LogP contribution in [0.15, 0.2) is 255 Å². The van der Waals surface area contributed by atoms with Gasteiger partial charge in [0.05, 0.1) is 5.41 Å². The van der Waals surface area contributed by atoms with Crippen LogP contribution in [0.1, 0.15) is 22.3 Å². The summed E-state index contributed by atoms with van der Waals surface area (Å²) < 4.78 is 0. The maximum atomic E-state index is 2.44. The van der Waals surface area contributed by atoms with Crippen molar-refractivity contribution in [2.75, 3.05) is 0 Å². The van der Waals surface area contributed by atoms with Crippen molar-refractivity contribution in [1.82, 2.24) is 0 Å². The third-order valence-electron chi connectivity index (χ3n) is 13.4. The summed E-state index contributed by atoms with van der Waals surface area (Å²) in [6.45, 7) is 0. The molecule has 0 radical (unpaired) electrons. The fourth-order valence-corrected chi connectivity index (χ4v) is 10.5. The molecule has 0 saturated heterocycles. The molecule has 0 aliphatic heterocycles. The van der Waals surface area contributed by atoms with Crippen LogP contribution < -0.4 is 0 Å². The zero-order valence-corrected chi connectivity index (χ0v) is 34.7. The molecular formula is C63H42. The van der Waals surface area contributed by atoms with Gasteiger partial charge in [-0.05, 0) is 117 Å². The van der Waals surface area contributed by atoms with Crippen molar-refractivity contribution in [2.45, 2.75) is 5.41 Å². The molecule has 0 fully saturated rings. The molecule has 63 heavy (non-hydrogen) atoms. The standard InChI is InChI=1S/C63H42/c1-4-16-43(17-5-1)45-28-32-48(33-29-45)61-55-24-10-11-25-56(55)62(49-34-30-46(31-35-49)44-18-6-2-7-19-44)58-42-50(38-41-57(58)61)47-36-39-52(40-37-47)63(51-20-8-3-9-21-51)59-26-14-12-22-53(59)54-23-13-15-27-60(54)63/h1-42H. The molecule has 11 aromatic rings. The average Bonchev–Trinajstić information content (AvgIpc) is 3.67. The maximum Gasteiger partial charge on any atom is 0.0713 e. The first-order chi connectivity index (χ1) is 31.3. The SMILES string of the molecule is c1ccc(-c2ccc(-c3c4ccccc4c(-c4ccc(-c5ccccc5)cc4)c4cc(-c5ccc(C6(c7ccccc7)c7ccccc7-c7ccccc76)cc5)ccc34)cc2)cc1. The summed E-state index contributed by atoms with van der Waals surface area (Å²) in [5.74, 6) is 0. The van der Waals surface area contributed by atoms with Crippen LogP contribution in [0, 0.1) is 0 Å². The van der Waals surface area contributed by atoms with E-state index in [0.717, 1.165) is 0 Å². The fourth-order valence-electron chi connectivity index (χ4n) is 10.5. The largest absolute Gasteiger partial charge is 0.0713 e. The summed E-state index contributed by atoms with van der Waals surface area (Å²) in [5, 5.41) is 4.98. The Bertz CT molecular complexity index is 3390. The van der Waals surface area contributed by atoms with Crippen LogP contribution in [-0.4, -0.2) is 0 Å². The van der Waals surface area contributed by atoms with E-state index in [1.165, 1.54) is 111 Å². The highest BCUT2D eigenvalue weighted by atomic mass is 14.5. The second kappa shape index (κ2) is 15.1. The van der Waals surface area contributed by atoms with Crippen LogP contribution in [-0.2, 0) is 5.41 Å². The van der Waals surface area contributed by atoms with Gasteiger partial charge in [0.25, 0.3) is 0 Å². The molecule has 0 atom stereocenters. The van der Waals surface area contributed by atoms with E-state index in [0.29, 0.717) is 0 Å². The Morgan fingerprint density at radius 3 is 1.06 bits per heavy atom. The lowest BCUT2D eigenvalue weighted by Gasteiger charge is -2.34. The minimum absolute atomic E-state index is 0.431. The lowest BCUT2D eigenvalue weighted by Crippen LogP contribution is -2.28. The molecule has 12 rings (SSSR count). The van der Waals surface area contributed by atoms with Crippen LogP contribution in [0.2, 0.25) is 0 Å². The second-order valence-electron chi connectivity index (χ2n) is 16.7. The van der Waals surface area contributed by atoms with E-state index < -0.39 is 5.41 Å². The second-order valence-corrected chi connectivity index (χ2v) is 16.7. The lowest BCUT2D eigenvalue weighted by molar-refractivity contribution is 0.768. The first-order valence-electron chi connectivity index (χ1n) is 21.9. The first-order valence-corrected chi connectivity index (χ1v) is 21.9. The van der Waals surface area contributed by atoms with E-state index in [1.54, 1.807) is 0 Å². The molecular weight excluding hydrogens is 757 g/mol. The summed E-state index contributed by atoms with van der Waals surface area (Å²) in [6.07, 6.45) is 0. The van der Waals surface area contributed by atoms with Crippen LogP contribution in [0.4, 0.5) is 0 Å². The van der Waals surface area contributed by atoms with Gasteiger partial charge in [-0.1, -0.05) is 249 Å². The van der Waals surface area contributed by atoms with E-state index in [9.17, 15) is 0 Å². The van der Waals surface area contributed by atoms with Crippen molar-refractivity contribution >= 4 is 21.5 Å². The van der Waals surface area contributed by atoms with E-state index >= 15 is 0 Å². The first kappa shape index (κ1) is 36.8. The van der Waals surface area contributed by atoms with Gasteiger partial charge in [0.2, 0.25) is 0 Å². The molecule has 1 aliphatic carbocycles. The Hall–Kier alpha value is -8.06. The molecule has 0 nitrogen and oxygen atoms in total. The molecule has 11 aromatic carbocycles. The molecule has 0 bridgehead atoms. The van der Waals surface area contributed by atoms with Crippen molar-refractivity contribution in [3.8, 4) is 66.8 Å². The predicted molar refractivity (Wildman–Crippen MR) is 266 cm³/mol. The molecule has 0 heteroatoms. The number of hydrogen-bond acceptors (Lipinski definition) is 0. The molecule has 0 amide bonds. The van der Waals surface area contributed by atoms with Gasteiger partial charge in [0.1, 0.15) is 0 Å². The Morgan fingerprint density at radius 1 is 0.206 bits per heavy atom. The molecule has 0 aromatic heterocycles. The van der Waals surface area contributed by atoms with Crippen molar-refractivity contribution in [2.24, 2.45) is 0 Å². The Kier molecular flexibility index (Phi) is 8.83. The average molecular weight is 799 g/mol. The maximum absolute atomic E-state index is 2.44.